The second-order valence-electron chi connectivity index (χ2n) is 6.13. The molecule has 0 aromatic carbocycles. The number of hydrogen-bond acceptors (Lipinski definition) is 5. The minimum Gasteiger partial charge on any atom is -0.316 e. The predicted octanol–water partition coefficient (Wildman–Crippen LogP) is 1.81. The molecule has 120 valence electrons. The standard InChI is InChI=1S/C13H17ClN4O2S2/c14-10-11(18-6-7-21-12(18)16-10)22(19,20)17-5-1-2-13(9-17)3-4-15-8-13/h6-7,15H,1-5,8-9H2/t13-/m0/s1. The third kappa shape index (κ3) is 2.20. The summed E-state index contributed by atoms with van der Waals surface area (Å²) in [4.78, 5) is 4.76. The van der Waals surface area contributed by atoms with Crippen molar-refractivity contribution in [3.05, 3.63) is 16.7 Å². The molecule has 4 rings (SSSR count). The molecule has 0 saturated carbocycles. The van der Waals surface area contributed by atoms with Crippen molar-refractivity contribution < 1.29 is 8.42 Å². The Morgan fingerprint density at radius 3 is 3.05 bits per heavy atom. The van der Waals surface area contributed by atoms with Crippen LogP contribution < -0.4 is 5.32 Å². The van der Waals surface area contributed by atoms with Crippen LogP contribution in [-0.4, -0.2) is 48.3 Å². The molecule has 1 atom stereocenters. The Labute approximate surface area is 138 Å². The lowest BCUT2D eigenvalue weighted by Gasteiger charge is -2.39. The van der Waals surface area contributed by atoms with Gasteiger partial charge in [0.15, 0.2) is 15.1 Å². The number of nitrogens with one attached hydrogen (secondary N) is 1. The lowest BCUT2D eigenvalue weighted by Crippen LogP contribution is -2.47. The zero-order valence-electron chi connectivity index (χ0n) is 12.0. The van der Waals surface area contributed by atoms with Crippen molar-refractivity contribution in [3.8, 4) is 0 Å². The van der Waals surface area contributed by atoms with Gasteiger partial charge in [0.2, 0.25) is 0 Å². The maximum Gasteiger partial charge on any atom is 0.262 e. The number of piperidine rings is 1. The number of imidazole rings is 1. The van der Waals surface area contributed by atoms with Gasteiger partial charge in [-0.15, -0.1) is 11.3 Å². The van der Waals surface area contributed by atoms with Crippen molar-refractivity contribution in [2.24, 2.45) is 5.41 Å². The SMILES string of the molecule is O=S(=O)(c1c(Cl)nc2sccn12)N1CCC[C@@]2(CCNC2)C1. The number of halogens is 1. The Balaban J connectivity index is 1.74. The van der Waals surface area contributed by atoms with Gasteiger partial charge in [0, 0.05) is 31.2 Å². The molecule has 0 unspecified atom stereocenters. The molecule has 9 heteroatoms. The minimum absolute atomic E-state index is 0.0658. The van der Waals surface area contributed by atoms with E-state index in [-0.39, 0.29) is 15.6 Å². The topological polar surface area (TPSA) is 66.7 Å². The van der Waals surface area contributed by atoms with Crippen LogP contribution in [0.15, 0.2) is 16.6 Å². The lowest BCUT2D eigenvalue weighted by molar-refractivity contribution is 0.166. The van der Waals surface area contributed by atoms with E-state index in [1.54, 1.807) is 14.9 Å². The number of sulfonamides is 1. The summed E-state index contributed by atoms with van der Waals surface area (Å²) < 4.78 is 29.3. The molecular formula is C13H17ClN4O2S2. The molecule has 2 fully saturated rings. The predicted molar refractivity (Wildman–Crippen MR) is 86.0 cm³/mol. The van der Waals surface area contributed by atoms with E-state index in [0.29, 0.717) is 18.1 Å². The van der Waals surface area contributed by atoms with Gasteiger partial charge in [-0.2, -0.15) is 4.31 Å². The van der Waals surface area contributed by atoms with Crippen molar-refractivity contribution in [3.63, 3.8) is 0 Å². The molecule has 0 radical (unpaired) electrons. The first-order chi connectivity index (χ1) is 10.5. The van der Waals surface area contributed by atoms with Crippen molar-refractivity contribution in [1.29, 1.82) is 0 Å². The Morgan fingerprint density at radius 1 is 1.41 bits per heavy atom. The van der Waals surface area contributed by atoms with Crippen molar-refractivity contribution >= 4 is 37.9 Å². The maximum absolute atomic E-state index is 13.1. The molecule has 2 aliphatic heterocycles. The van der Waals surface area contributed by atoms with Gasteiger partial charge in [-0.25, -0.2) is 13.4 Å². The fraction of sp³-hybridized carbons (Fsp3) is 0.615. The molecule has 1 N–H and O–H groups in total. The molecule has 22 heavy (non-hydrogen) atoms. The van der Waals surface area contributed by atoms with Gasteiger partial charge < -0.3 is 5.32 Å². The van der Waals surface area contributed by atoms with Crippen molar-refractivity contribution in [2.45, 2.75) is 24.3 Å². The number of aromatic nitrogens is 2. The monoisotopic (exact) mass is 360 g/mol. The fourth-order valence-electron chi connectivity index (χ4n) is 3.60. The summed E-state index contributed by atoms with van der Waals surface area (Å²) in [6.45, 7) is 2.98. The Bertz CT molecular complexity index is 807. The molecule has 1 spiro atoms. The highest BCUT2D eigenvalue weighted by Crippen LogP contribution is 2.38. The average Bonchev–Trinajstić information content (AvgIpc) is 3.15. The van der Waals surface area contributed by atoms with Crippen LogP contribution >= 0.6 is 22.9 Å². The number of fused-ring (bicyclic) bond motifs is 1. The molecule has 4 heterocycles. The first kappa shape index (κ1) is 14.9. The molecular weight excluding hydrogens is 344 g/mol. The number of nitrogens with zero attached hydrogens (tertiary/aromatic N) is 3. The average molecular weight is 361 g/mol. The summed E-state index contributed by atoms with van der Waals surface area (Å²) in [5.74, 6) is 0. The van der Waals surface area contributed by atoms with Crippen LogP contribution in [0.5, 0.6) is 0 Å². The van der Waals surface area contributed by atoms with E-state index in [2.05, 4.69) is 10.3 Å². The highest BCUT2D eigenvalue weighted by atomic mass is 35.5. The molecule has 0 amide bonds. The second kappa shape index (κ2) is 5.17. The highest BCUT2D eigenvalue weighted by Gasteiger charge is 2.43. The molecule has 6 nitrogen and oxygen atoms in total. The summed E-state index contributed by atoms with van der Waals surface area (Å²) in [5, 5.41) is 5.35. The van der Waals surface area contributed by atoms with Gasteiger partial charge in [0.25, 0.3) is 10.0 Å². The normalized spacial score (nSPS) is 27.1. The Hall–Kier alpha value is -0.670. The zero-order chi connectivity index (χ0) is 15.4. The van der Waals surface area contributed by atoms with Crippen LogP contribution in [0.2, 0.25) is 5.15 Å². The van der Waals surface area contributed by atoms with Crippen LogP contribution in [0, 0.1) is 5.41 Å². The number of rotatable bonds is 2. The van der Waals surface area contributed by atoms with Gasteiger partial charge in [0.05, 0.1) is 0 Å². The summed E-state index contributed by atoms with van der Waals surface area (Å²) in [6.07, 6.45) is 4.72. The molecule has 0 aliphatic carbocycles. The highest BCUT2D eigenvalue weighted by molar-refractivity contribution is 7.89. The summed E-state index contributed by atoms with van der Waals surface area (Å²) in [6, 6.07) is 0. The molecule has 2 aromatic heterocycles. The van der Waals surface area contributed by atoms with E-state index >= 15 is 0 Å². The van der Waals surface area contributed by atoms with Crippen LogP contribution in [0.25, 0.3) is 4.96 Å². The van der Waals surface area contributed by atoms with Crippen LogP contribution in [0.4, 0.5) is 0 Å². The molecule has 2 aliphatic rings. The molecule has 0 bridgehead atoms. The number of thiazole rings is 1. The lowest BCUT2D eigenvalue weighted by atomic mass is 9.80. The minimum atomic E-state index is -3.63. The van der Waals surface area contributed by atoms with Crippen LogP contribution in [0.3, 0.4) is 0 Å². The van der Waals surface area contributed by atoms with E-state index in [9.17, 15) is 8.42 Å². The van der Waals surface area contributed by atoms with Crippen molar-refractivity contribution in [2.75, 3.05) is 26.2 Å². The molecule has 2 saturated heterocycles. The van der Waals surface area contributed by atoms with Crippen LogP contribution in [-0.2, 0) is 10.0 Å². The Kier molecular flexibility index (Phi) is 3.50. The quantitative estimate of drug-likeness (QED) is 0.887. The maximum atomic E-state index is 13.1. The van der Waals surface area contributed by atoms with Gasteiger partial charge in [-0.05, 0) is 31.2 Å². The van der Waals surface area contributed by atoms with E-state index in [1.807, 2.05) is 5.38 Å². The fourth-order valence-corrected chi connectivity index (χ4v) is 6.60. The van der Waals surface area contributed by atoms with E-state index in [1.165, 1.54) is 11.3 Å². The first-order valence-corrected chi connectivity index (χ1v) is 10.0. The third-order valence-corrected chi connectivity index (χ3v) is 7.72. The van der Waals surface area contributed by atoms with E-state index in [4.69, 9.17) is 11.6 Å². The first-order valence-electron chi connectivity index (χ1n) is 7.34. The third-order valence-electron chi connectivity index (χ3n) is 4.72. The van der Waals surface area contributed by atoms with E-state index < -0.39 is 10.0 Å². The largest absolute Gasteiger partial charge is 0.316 e. The number of hydrogen-bond donors (Lipinski definition) is 1. The van der Waals surface area contributed by atoms with Gasteiger partial charge in [-0.3, -0.25) is 4.40 Å². The summed E-state index contributed by atoms with van der Waals surface area (Å²) in [5.41, 5.74) is 0.0796. The Morgan fingerprint density at radius 2 is 2.27 bits per heavy atom. The summed E-state index contributed by atoms with van der Waals surface area (Å²) in [7, 11) is -3.63. The zero-order valence-corrected chi connectivity index (χ0v) is 14.3. The molecule has 2 aromatic rings. The van der Waals surface area contributed by atoms with Gasteiger partial charge in [-0.1, -0.05) is 11.6 Å². The smallest absolute Gasteiger partial charge is 0.262 e. The summed E-state index contributed by atoms with van der Waals surface area (Å²) >= 11 is 7.50. The van der Waals surface area contributed by atoms with Crippen molar-refractivity contribution in [1.82, 2.24) is 19.0 Å². The van der Waals surface area contributed by atoms with Gasteiger partial charge >= 0.3 is 0 Å². The van der Waals surface area contributed by atoms with E-state index in [0.717, 1.165) is 32.4 Å². The van der Waals surface area contributed by atoms with Crippen LogP contribution in [0.1, 0.15) is 19.3 Å². The second-order valence-corrected chi connectivity index (χ2v) is 9.22. The van der Waals surface area contributed by atoms with Gasteiger partial charge in [0.1, 0.15) is 0 Å².